The van der Waals surface area contributed by atoms with Crippen LogP contribution in [0.15, 0.2) is 52.5 Å². The second-order valence-electron chi connectivity index (χ2n) is 8.84. The minimum atomic E-state index is -0.623. The van der Waals surface area contributed by atoms with Crippen LogP contribution in [0.4, 0.5) is 0 Å². The van der Waals surface area contributed by atoms with E-state index in [0.717, 1.165) is 47.0 Å². The normalized spacial score (nSPS) is 21.0. The summed E-state index contributed by atoms with van der Waals surface area (Å²) in [5.74, 6) is -0.556. The molecule has 1 amide bonds. The molecule has 1 saturated carbocycles. The van der Waals surface area contributed by atoms with Crippen LogP contribution in [0.2, 0.25) is 0 Å². The summed E-state index contributed by atoms with van der Waals surface area (Å²) >= 11 is 3.47. The molecule has 1 N–H and O–H groups in total. The lowest BCUT2D eigenvalue weighted by Gasteiger charge is -2.31. The topological polar surface area (TPSA) is 66.8 Å². The molecule has 1 aliphatic heterocycles. The van der Waals surface area contributed by atoms with E-state index in [1.807, 2.05) is 57.2 Å². The van der Waals surface area contributed by atoms with Gasteiger partial charge < -0.3 is 14.7 Å². The van der Waals surface area contributed by atoms with Crippen molar-refractivity contribution < 1.29 is 19.4 Å². The number of likely N-dealkylation sites (tertiary alicyclic amines) is 1. The third kappa shape index (κ3) is 4.20. The summed E-state index contributed by atoms with van der Waals surface area (Å²) in [6.07, 6.45) is 3.86. The van der Waals surface area contributed by atoms with Gasteiger partial charge in [0, 0.05) is 16.1 Å². The SMILES string of the molecule is Cc1cc(/C(O)=C2/C(=O)C(=O)N(C3CCCC3)C2c2ccc(OC(C)C)cc2)ccc1Br. The molecule has 2 fully saturated rings. The van der Waals surface area contributed by atoms with Gasteiger partial charge >= 0.3 is 0 Å². The zero-order valence-electron chi connectivity index (χ0n) is 18.6. The van der Waals surface area contributed by atoms with Crippen molar-refractivity contribution in [2.24, 2.45) is 0 Å². The van der Waals surface area contributed by atoms with Gasteiger partial charge in [0.05, 0.1) is 17.7 Å². The van der Waals surface area contributed by atoms with Crippen molar-refractivity contribution in [3.05, 3.63) is 69.2 Å². The number of ether oxygens (including phenoxy) is 1. The first-order valence-corrected chi connectivity index (χ1v) is 11.9. The Bertz CT molecular complexity index is 1070. The van der Waals surface area contributed by atoms with Gasteiger partial charge in [0.25, 0.3) is 11.7 Å². The van der Waals surface area contributed by atoms with Crippen molar-refractivity contribution in [2.45, 2.75) is 64.6 Å². The van der Waals surface area contributed by atoms with Gasteiger partial charge in [-0.25, -0.2) is 0 Å². The fraction of sp³-hybridized carbons (Fsp3) is 0.385. The van der Waals surface area contributed by atoms with Crippen molar-refractivity contribution in [3.63, 3.8) is 0 Å². The number of hydrogen-bond acceptors (Lipinski definition) is 4. The maximum Gasteiger partial charge on any atom is 0.295 e. The summed E-state index contributed by atoms with van der Waals surface area (Å²) in [6, 6.07) is 12.3. The fourth-order valence-electron chi connectivity index (χ4n) is 4.68. The number of Topliss-reactive ketones (excluding diaryl/α,β-unsaturated/α-hetero) is 1. The molecule has 1 saturated heterocycles. The molecule has 2 aromatic carbocycles. The number of aryl methyl sites for hydroxylation is 1. The number of aliphatic hydroxyl groups is 1. The van der Waals surface area contributed by atoms with E-state index in [4.69, 9.17) is 4.74 Å². The van der Waals surface area contributed by atoms with Crippen LogP contribution < -0.4 is 4.74 Å². The molecule has 5 nitrogen and oxygen atoms in total. The third-order valence-electron chi connectivity index (χ3n) is 6.20. The number of hydrogen-bond donors (Lipinski definition) is 1. The number of ketones is 1. The van der Waals surface area contributed by atoms with Gasteiger partial charge in [-0.2, -0.15) is 0 Å². The predicted molar refractivity (Wildman–Crippen MR) is 127 cm³/mol. The molecule has 6 heteroatoms. The van der Waals surface area contributed by atoms with E-state index in [9.17, 15) is 14.7 Å². The van der Waals surface area contributed by atoms with Crippen molar-refractivity contribution >= 4 is 33.4 Å². The van der Waals surface area contributed by atoms with E-state index < -0.39 is 17.7 Å². The van der Waals surface area contributed by atoms with E-state index >= 15 is 0 Å². The first kappa shape index (κ1) is 22.6. The third-order valence-corrected chi connectivity index (χ3v) is 7.09. The average Bonchev–Trinajstić information content (AvgIpc) is 3.37. The molecule has 0 spiro atoms. The van der Waals surface area contributed by atoms with Crippen LogP contribution in [0.1, 0.15) is 62.3 Å². The minimum absolute atomic E-state index is 0.00000512. The number of benzene rings is 2. The summed E-state index contributed by atoms with van der Waals surface area (Å²) in [6.45, 7) is 5.84. The van der Waals surface area contributed by atoms with Gasteiger partial charge in [-0.3, -0.25) is 9.59 Å². The summed E-state index contributed by atoms with van der Waals surface area (Å²) in [5, 5.41) is 11.2. The molecule has 0 bridgehead atoms. The Balaban J connectivity index is 1.83. The van der Waals surface area contributed by atoms with Crippen molar-refractivity contribution in [1.82, 2.24) is 4.90 Å². The average molecular weight is 498 g/mol. The van der Waals surface area contributed by atoms with Crippen molar-refractivity contribution in [3.8, 4) is 5.75 Å². The van der Waals surface area contributed by atoms with Gasteiger partial charge in [0.2, 0.25) is 0 Å². The number of amides is 1. The summed E-state index contributed by atoms with van der Waals surface area (Å²) in [4.78, 5) is 28.0. The largest absolute Gasteiger partial charge is 0.507 e. The molecule has 2 aromatic rings. The van der Waals surface area contributed by atoms with Gasteiger partial charge in [0.1, 0.15) is 11.5 Å². The number of carbonyl (C=O) groups excluding carboxylic acids is 2. The number of rotatable bonds is 5. The molecular weight excluding hydrogens is 470 g/mol. The molecule has 0 radical (unpaired) electrons. The maximum atomic E-state index is 13.2. The summed E-state index contributed by atoms with van der Waals surface area (Å²) in [5.41, 5.74) is 2.41. The minimum Gasteiger partial charge on any atom is -0.507 e. The van der Waals surface area contributed by atoms with Crippen LogP contribution in [-0.2, 0) is 9.59 Å². The monoisotopic (exact) mass is 497 g/mol. The molecule has 2 aliphatic rings. The van der Waals surface area contributed by atoms with Gasteiger partial charge in [-0.15, -0.1) is 0 Å². The van der Waals surface area contributed by atoms with Crippen LogP contribution in [0.5, 0.6) is 5.75 Å². The zero-order chi connectivity index (χ0) is 23.0. The van der Waals surface area contributed by atoms with Crippen molar-refractivity contribution in [1.29, 1.82) is 0 Å². The molecular formula is C26H28BrNO4. The Labute approximate surface area is 197 Å². The highest BCUT2D eigenvalue weighted by Crippen LogP contribution is 2.43. The van der Waals surface area contributed by atoms with E-state index in [-0.39, 0.29) is 23.5 Å². The fourth-order valence-corrected chi connectivity index (χ4v) is 4.93. The molecule has 168 valence electrons. The van der Waals surface area contributed by atoms with E-state index in [0.29, 0.717) is 5.56 Å². The first-order valence-electron chi connectivity index (χ1n) is 11.1. The Hall–Kier alpha value is -2.60. The maximum absolute atomic E-state index is 13.2. The lowest BCUT2D eigenvalue weighted by Crippen LogP contribution is -2.37. The highest BCUT2D eigenvalue weighted by molar-refractivity contribution is 9.10. The van der Waals surface area contributed by atoms with E-state index in [2.05, 4.69) is 15.9 Å². The van der Waals surface area contributed by atoms with Crippen LogP contribution in [0.3, 0.4) is 0 Å². The molecule has 32 heavy (non-hydrogen) atoms. The van der Waals surface area contributed by atoms with Crippen LogP contribution in [0, 0.1) is 6.92 Å². The summed E-state index contributed by atoms with van der Waals surface area (Å²) in [7, 11) is 0. The lowest BCUT2D eigenvalue weighted by molar-refractivity contribution is -0.141. The molecule has 1 unspecified atom stereocenters. The number of carbonyl (C=O) groups is 2. The first-order chi connectivity index (χ1) is 15.3. The van der Waals surface area contributed by atoms with Gasteiger partial charge in [-0.05, 0) is 69.0 Å². The molecule has 1 aliphatic carbocycles. The van der Waals surface area contributed by atoms with Crippen LogP contribution in [-0.4, -0.2) is 33.8 Å². The Morgan fingerprint density at radius 1 is 1.09 bits per heavy atom. The van der Waals surface area contributed by atoms with Crippen LogP contribution >= 0.6 is 15.9 Å². The Morgan fingerprint density at radius 2 is 1.75 bits per heavy atom. The van der Waals surface area contributed by atoms with Crippen LogP contribution in [0.25, 0.3) is 5.76 Å². The Kier molecular flexibility index (Phi) is 6.42. The quantitative estimate of drug-likeness (QED) is 0.316. The van der Waals surface area contributed by atoms with E-state index in [1.54, 1.807) is 11.0 Å². The predicted octanol–water partition coefficient (Wildman–Crippen LogP) is 5.91. The number of halogens is 1. The van der Waals surface area contributed by atoms with Gasteiger partial charge in [0.15, 0.2) is 0 Å². The van der Waals surface area contributed by atoms with Gasteiger partial charge in [-0.1, -0.05) is 47.0 Å². The second kappa shape index (κ2) is 9.10. The second-order valence-corrected chi connectivity index (χ2v) is 9.70. The zero-order valence-corrected chi connectivity index (χ0v) is 20.2. The van der Waals surface area contributed by atoms with E-state index in [1.165, 1.54) is 0 Å². The molecule has 1 atom stereocenters. The number of aliphatic hydroxyl groups excluding tert-OH is 1. The smallest absolute Gasteiger partial charge is 0.295 e. The Morgan fingerprint density at radius 3 is 2.34 bits per heavy atom. The standard InChI is InChI=1S/C26H28BrNO4/c1-15(2)32-20-11-8-17(9-12-20)23-22(24(29)18-10-13-21(27)16(3)14-18)25(30)26(31)28(23)19-6-4-5-7-19/h8-15,19,23,29H,4-7H2,1-3H3/b24-22-. The summed E-state index contributed by atoms with van der Waals surface area (Å²) < 4.78 is 6.67. The highest BCUT2D eigenvalue weighted by atomic mass is 79.9. The molecule has 4 rings (SSSR count). The molecule has 1 heterocycles. The number of nitrogens with zero attached hydrogens (tertiary/aromatic N) is 1. The molecule has 0 aromatic heterocycles. The van der Waals surface area contributed by atoms with Crippen molar-refractivity contribution in [2.75, 3.05) is 0 Å². The highest BCUT2D eigenvalue weighted by Gasteiger charge is 2.49. The lowest BCUT2D eigenvalue weighted by atomic mass is 9.94.